The van der Waals surface area contributed by atoms with Crippen molar-refractivity contribution in [2.75, 3.05) is 27.2 Å². The first-order valence-electron chi connectivity index (χ1n) is 5.83. The van der Waals surface area contributed by atoms with Crippen molar-refractivity contribution in [3.05, 3.63) is 0 Å². The number of nitrogens with one attached hydrogen (secondary N) is 2. The predicted octanol–water partition coefficient (Wildman–Crippen LogP) is 0.101. The highest BCUT2D eigenvalue weighted by molar-refractivity contribution is 5.86. The zero-order valence-corrected chi connectivity index (χ0v) is 10.6. The van der Waals surface area contributed by atoms with Crippen LogP contribution in [0.1, 0.15) is 19.8 Å². The van der Waals surface area contributed by atoms with Gasteiger partial charge in [0.25, 0.3) is 0 Å². The van der Waals surface area contributed by atoms with Crippen molar-refractivity contribution in [3.63, 3.8) is 0 Å². The van der Waals surface area contributed by atoms with Gasteiger partial charge >= 0.3 is 12.0 Å². The van der Waals surface area contributed by atoms with Crippen molar-refractivity contribution in [3.8, 4) is 0 Å². The second-order valence-electron chi connectivity index (χ2n) is 4.74. The number of rotatable bonds is 6. The lowest BCUT2D eigenvalue weighted by Crippen LogP contribution is -2.57. The van der Waals surface area contributed by atoms with Crippen molar-refractivity contribution in [2.45, 2.75) is 25.3 Å². The van der Waals surface area contributed by atoms with E-state index in [1.54, 1.807) is 21.0 Å². The summed E-state index contributed by atoms with van der Waals surface area (Å²) in [4.78, 5) is 24.5. The van der Waals surface area contributed by atoms with Gasteiger partial charge in [-0.05, 0) is 32.7 Å². The number of carbonyl (C=O) groups excluding carboxylic acids is 1. The molecule has 1 saturated carbocycles. The fourth-order valence-electron chi connectivity index (χ4n) is 1.69. The van der Waals surface area contributed by atoms with Crippen LogP contribution >= 0.6 is 0 Å². The first-order valence-corrected chi connectivity index (χ1v) is 5.83. The van der Waals surface area contributed by atoms with Gasteiger partial charge in [0, 0.05) is 20.1 Å². The van der Waals surface area contributed by atoms with E-state index in [2.05, 4.69) is 10.6 Å². The maximum Gasteiger partial charge on any atom is 0.329 e. The van der Waals surface area contributed by atoms with E-state index in [0.717, 1.165) is 12.8 Å². The van der Waals surface area contributed by atoms with E-state index in [4.69, 9.17) is 0 Å². The van der Waals surface area contributed by atoms with Crippen molar-refractivity contribution in [2.24, 2.45) is 5.92 Å². The van der Waals surface area contributed by atoms with Crippen LogP contribution in [0, 0.1) is 5.92 Å². The number of amides is 2. The number of hydrogen-bond acceptors (Lipinski definition) is 3. The summed E-state index contributed by atoms with van der Waals surface area (Å²) in [6, 6.07) is -0.336. The predicted molar refractivity (Wildman–Crippen MR) is 63.9 cm³/mol. The minimum absolute atomic E-state index is 0.0571. The highest BCUT2D eigenvalue weighted by Crippen LogP contribution is 2.39. The van der Waals surface area contributed by atoms with Crippen molar-refractivity contribution in [1.29, 1.82) is 0 Å². The van der Waals surface area contributed by atoms with Gasteiger partial charge in [-0.15, -0.1) is 0 Å². The van der Waals surface area contributed by atoms with E-state index in [1.807, 2.05) is 0 Å². The van der Waals surface area contributed by atoms with Crippen LogP contribution in [0.4, 0.5) is 4.79 Å². The van der Waals surface area contributed by atoms with Gasteiger partial charge in [-0.25, -0.2) is 9.59 Å². The molecule has 0 radical (unpaired) electrons. The Hall–Kier alpha value is -1.30. The Balaban J connectivity index is 2.55. The van der Waals surface area contributed by atoms with Gasteiger partial charge in [0.2, 0.25) is 0 Å². The number of likely N-dealkylation sites (N-methyl/N-ethyl adjacent to an activating group) is 2. The molecule has 1 fully saturated rings. The Morgan fingerprint density at radius 2 is 2.06 bits per heavy atom. The summed E-state index contributed by atoms with van der Waals surface area (Å²) >= 11 is 0. The molecule has 1 unspecified atom stereocenters. The number of hydrogen-bond donors (Lipinski definition) is 3. The van der Waals surface area contributed by atoms with Crippen LogP contribution in [0.3, 0.4) is 0 Å². The van der Waals surface area contributed by atoms with Crippen LogP contribution in [-0.4, -0.2) is 54.7 Å². The monoisotopic (exact) mass is 243 g/mol. The van der Waals surface area contributed by atoms with Crippen LogP contribution in [0.5, 0.6) is 0 Å². The molecule has 0 heterocycles. The maximum atomic E-state index is 11.8. The molecule has 98 valence electrons. The second-order valence-corrected chi connectivity index (χ2v) is 4.74. The lowest BCUT2D eigenvalue weighted by molar-refractivity contribution is -0.144. The number of nitrogens with zero attached hydrogens (tertiary/aromatic N) is 1. The molecule has 1 rings (SSSR count). The molecule has 0 saturated heterocycles. The molecule has 0 aliphatic heterocycles. The Morgan fingerprint density at radius 1 is 1.47 bits per heavy atom. The highest BCUT2D eigenvalue weighted by Gasteiger charge is 2.48. The lowest BCUT2D eigenvalue weighted by Gasteiger charge is -2.29. The second kappa shape index (κ2) is 5.35. The molecule has 0 aromatic carbocycles. The van der Waals surface area contributed by atoms with E-state index in [0.29, 0.717) is 13.1 Å². The minimum atomic E-state index is -1.13. The first-order chi connectivity index (χ1) is 7.91. The van der Waals surface area contributed by atoms with Crippen molar-refractivity contribution >= 4 is 12.0 Å². The van der Waals surface area contributed by atoms with Crippen LogP contribution in [-0.2, 0) is 4.79 Å². The van der Waals surface area contributed by atoms with Gasteiger partial charge in [-0.2, -0.15) is 0 Å². The summed E-state index contributed by atoms with van der Waals surface area (Å²) in [6.45, 7) is 2.80. The topological polar surface area (TPSA) is 81.7 Å². The van der Waals surface area contributed by atoms with E-state index >= 15 is 0 Å². The molecule has 1 aliphatic rings. The van der Waals surface area contributed by atoms with Crippen LogP contribution in [0.25, 0.3) is 0 Å². The summed E-state index contributed by atoms with van der Waals surface area (Å²) in [5.41, 5.74) is -1.13. The zero-order valence-electron chi connectivity index (χ0n) is 10.6. The highest BCUT2D eigenvalue weighted by atomic mass is 16.4. The number of carboxylic acid groups (broad SMARTS) is 1. The normalized spacial score (nSPS) is 18.3. The fraction of sp³-hybridized carbons (Fsp3) is 0.818. The SMILES string of the molecule is CNCCN(C)C(=O)NC(C)(C(=O)O)C1CC1. The average molecular weight is 243 g/mol. The largest absolute Gasteiger partial charge is 0.480 e. The minimum Gasteiger partial charge on any atom is -0.480 e. The fourth-order valence-corrected chi connectivity index (χ4v) is 1.69. The Kier molecular flexibility index (Phi) is 4.34. The van der Waals surface area contributed by atoms with E-state index in [9.17, 15) is 14.7 Å². The molecule has 0 bridgehead atoms. The van der Waals surface area contributed by atoms with Gasteiger partial charge < -0.3 is 20.6 Å². The third kappa shape index (κ3) is 3.33. The third-order valence-corrected chi connectivity index (χ3v) is 3.25. The number of urea groups is 1. The van der Waals surface area contributed by atoms with Crippen LogP contribution in [0.2, 0.25) is 0 Å². The van der Waals surface area contributed by atoms with E-state index in [-0.39, 0.29) is 11.9 Å². The molecule has 0 spiro atoms. The number of carbonyl (C=O) groups is 2. The van der Waals surface area contributed by atoms with Gasteiger partial charge in [0.05, 0.1) is 0 Å². The molecule has 6 heteroatoms. The van der Waals surface area contributed by atoms with Crippen LogP contribution in [0.15, 0.2) is 0 Å². The van der Waals surface area contributed by atoms with Crippen LogP contribution < -0.4 is 10.6 Å². The summed E-state index contributed by atoms with van der Waals surface area (Å²) in [5, 5.41) is 14.8. The van der Waals surface area contributed by atoms with Gasteiger partial charge in [-0.3, -0.25) is 0 Å². The lowest BCUT2D eigenvalue weighted by atomic mass is 9.96. The third-order valence-electron chi connectivity index (χ3n) is 3.25. The molecule has 0 aromatic heterocycles. The first kappa shape index (κ1) is 13.8. The molecule has 0 aromatic rings. The summed E-state index contributed by atoms with van der Waals surface area (Å²) in [6.07, 6.45) is 1.73. The quantitative estimate of drug-likeness (QED) is 0.618. The number of carboxylic acids is 1. The summed E-state index contributed by atoms with van der Waals surface area (Å²) < 4.78 is 0. The van der Waals surface area contributed by atoms with E-state index < -0.39 is 11.5 Å². The maximum absolute atomic E-state index is 11.8. The summed E-state index contributed by atoms with van der Waals surface area (Å²) in [5.74, 6) is -0.906. The average Bonchev–Trinajstić information content (AvgIpc) is 3.09. The molecule has 2 amide bonds. The van der Waals surface area contributed by atoms with Gasteiger partial charge in [-0.1, -0.05) is 0 Å². The van der Waals surface area contributed by atoms with Crippen molar-refractivity contribution in [1.82, 2.24) is 15.5 Å². The smallest absolute Gasteiger partial charge is 0.329 e. The Morgan fingerprint density at radius 3 is 2.47 bits per heavy atom. The van der Waals surface area contributed by atoms with Crippen molar-refractivity contribution < 1.29 is 14.7 Å². The molecule has 1 aliphatic carbocycles. The van der Waals surface area contributed by atoms with Gasteiger partial charge in [0.1, 0.15) is 5.54 Å². The molecule has 3 N–H and O–H groups in total. The molecule has 17 heavy (non-hydrogen) atoms. The molecular formula is C11H21N3O3. The van der Waals surface area contributed by atoms with Gasteiger partial charge in [0.15, 0.2) is 0 Å². The standard InChI is InChI=1S/C11H21N3O3/c1-11(9(15)16,8-4-5-8)13-10(17)14(3)7-6-12-2/h8,12H,4-7H2,1-3H3,(H,13,17)(H,15,16). The molecule has 6 nitrogen and oxygen atoms in total. The summed E-state index contributed by atoms with van der Waals surface area (Å²) in [7, 11) is 3.46. The van der Waals surface area contributed by atoms with E-state index in [1.165, 1.54) is 4.90 Å². The zero-order chi connectivity index (χ0) is 13.1. The molecular weight excluding hydrogens is 222 g/mol. The Labute approximate surface area is 101 Å². The molecule has 1 atom stereocenters. The number of aliphatic carboxylic acids is 1. The Bertz CT molecular complexity index is 304.